The van der Waals surface area contributed by atoms with Crippen LogP contribution in [0.15, 0.2) is 18.2 Å². The Kier molecular flexibility index (Phi) is 3.23. The summed E-state index contributed by atoms with van der Waals surface area (Å²) in [6.45, 7) is 0.696. The molecule has 0 unspecified atom stereocenters. The lowest BCUT2D eigenvalue weighted by Gasteiger charge is -2.08. The number of benzene rings is 1. The first-order chi connectivity index (χ1) is 7.31. The molecular formula is C12H16O3. The van der Waals surface area contributed by atoms with Gasteiger partial charge in [0, 0.05) is 13.0 Å². The van der Waals surface area contributed by atoms with Crippen LogP contribution in [0.25, 0.3) is 0 Å². The van der Waals surface area contributed by atoms with E-state index in [0.717, 1.165) is 24.2 Å². The molecule has 1 aliphatic rings. The van der Waals surface area contributed by atoms with Crippen molar-refractivity contribution in [2.75, 3.05) is 13.2 Å². The van der Waals surface area contributed by atoms with Crippen molar-refractivity contribution in [3.8, 4) is 5.75 Å². The van der Waals surface area contributed by atoms with E-state index in [1.807, 2.05) is 18.2 Å². The summed E-state index contributed by atoms with van der Waals surface area (Å²) in [7, 11) is 0. The molecule has 15 heavy (non-hydrogen) atoms. The molecule has 0 aromatic heterocycles. The summed E-state index contributed by atoms with van der Waals surface area (Å²) in [6.07, 6.45) is 2.09. The van der Waals surface area contributed by atoms with Gasteiger partial charge < -0.3 is 14.9 Å². The molecule has 1 aromatic carbocycles. The predicted molar refractivity (Wildman–Crippen MR) is 56.9 cm³/mol. The second kappa shape index (κ2) is 4.64. The molecule has 1 aromatic rings. The number of ether oxygens (including phenoxy) is 1. The molecule has 1 atom stereocenters. The van der Waals surface area contributed by atoms with Gasteiger partial charge in [-0.25, -0.2) is 0 Å². The van der Waals surface area contributed by atoms with Crippen LogP contribution >= 0.6 is 0 Å². The van der Waals surface area contributed by atoms with Crippen molar-refractivity contribution in [2.24, 2.45) is 0 Å². The fraction of sp³-hybridized carbons (Fsp3) is 0.500. The van der Waals surface area contributed by atoms with Gasteiger partial charge >= 0.3 is 0 Å². The van der Waals surface area contributed by atoms with Gasteiger partial charge in [-0.2, -0.15) is 0 Å². The lowest BCUT2D eigenvalue weighted by molar-refractivity contribution is 0.180. The highest BCUT2D eigenvalue weighted by Crippen LogP contribution is 2.33. The molecule has 3 nitrogen and oxygen atoms in total. The molecular weight excluding hydrogens is 192 g/mol. The number of fused-ring (bicyclic) bond motifs is 1. The second-order valence-corrected chi connectivity index (χ2v) is 3.84. The molecule has 0 amide bonds. The summed E-state index contributed by atoms with van der Waals surface area (Å²) in [5, 5.41) is 18.2. The summed E-state index contributed by atoms with van der Waals surface area (Å²) >= 11 is 0. The van der Waals surface area contributed by atoms with Gasteiger partial charge in [0.1, 0.15) is 5.75 Å². The van der Waals surface area contributed by atoms with Gasteiger partial charge in [-0.1, -0.05) is 6.07 Å². The zero-order chi connectivity index (χ0) is 10.7. The van der Waals surface area contributed by atoms with E-state index in [4.69, 9.17) is 9.84 Å². The lowest BCUT2D eigenvalue weighted by Crippen LogP contribution is -2.00. The number of hydrogen-bond acceptors (Lipinski definition) is 3. The number of hydrogen-bond donors (Lipinski definition) is 2. The molecule has 2 N–H and O–H groups in total. The number of rotatable bonds is 4. The Hall–Kier alpha value is -1.06. The Morgan fingerprint density at radius 2 is 2.27 bits per heavy atom. The van der Waals surface area contributed by atoms with Crippen molar-refractivity contribution in [1.29, 1.82) is 0 Å². The van der Waals surface area contributed by atoms with Crippen LogP contribution in [0, 0.1) is 0 Å². The molecule has 0 radical (unpaired) electrons. The summed E-state index contributed by atoms with van der Waals surface area (Å²) in [4.78, 5) is 0. The van der Waals surface area contributed by atoms with Crippen LogP contribution in [-0.4, -0.2) is 23.4 Å². The predicted octanol–water partition coefficient (Wildman–Crippen LogP) is 1.43. The van der Waals surface area contributed by atoms with Gasteiger partial charge in [0.15, 0.2) is 0 Å². The molecule has 0 bridgehead atoms. The van der Waals surface area contributed by atoms with Crippen molar-refractivity contribution < 1.29 is 14.9 Å². The summed E-state index contributed by atoms with van der Waals surface area (Å²) in [6, 6.07) is 5.80. The van der Waals surface area contributed by atoms with Crippen LogP contribution in [0.2, 0.25) is 0 Å². The number of aryl methyl sites for hydroxylation is 1. The Morgan fingerprint density at radius 3 is 3.07 bits per heavy atom. The molecule has 0 spiro atoms. The lowest BCUT2D eigenvalue weighted by atomic mass is 10.1. The third-order valence-corrected chi connectivity index (χ3v) is 2.73. The molecule has 0 saturated carbocycles. The minimum absolute atomic E-state index is 0.156. The van der Waals surface area contributed by atoms with Crippen LogP contribution in [0.1, 0.15) is 30.1 Å². The largest absolute Gasteiger partial charge is 0.493 e. The smallest absolute Gasteiger partial charge is 0.119 e. The zero-order valence-electron chi connectivity index (χ0n) is 8.65. The quantitative estimate of drug-likeness (QED) is 0.736. The minimum atomic E-state index is -0.300. The molecule has 0 heterocycles. The fourth-order valence-corrected chi connectivity index (χ4v) is 1.92. The van der Waals surface area contributed by atoms with E-state index in [1.54, 1.807) is 0 Å². The van der Waals surface area contributed by atoms with Crippen LogP contribution in [0.5, 0.6) is 5.75 Å². The highest BCUT2D eigenvalue weighted by molar-refractivity contribution is 5.39. The van der Waals surface area contributed by atoms with E-state index in [2.05, 4.69) is 0 Å². The van der Waals surface area contributed by atoms with E-state index in [-0.39, 0.29) is 12.7 Å². The van der Waals surface area contributed by atoms with E-state index in [9.17, 15) is 5.11 Å². The SMILES string of the molecule is OCCCOc1ccc2c(c1)CC[C@H]2O. The molecule has 82 valence electrons. The summed E-state index contributed by atoms with van der Waals surface area (Å²) in [5.74, 6) is 0.830. The van der Waals surface area contributed by atoms with Crippen molar-refractivity contribution >= 4 is 0 Å². The first kappa shape index (κ1) is 10.5. The van der Waals surface area contributed by atoms with Gasteiger partial charge in [-0.3, -0.25) is 0 Å². The maximum Gasteiger partial charge on any atom is 0.119 e. The monoisotopic (exact) mass is 208 g/mol. The van der Waals surface area contributed by atoms with Crippen LogP contribution in [0.3, 0.4) is 0 Å². The molecule has 3 heteroatoms. The van der Waals surface area contributed by atoms with E-state index in [0.29, 0.717) is 13.0 Å². The molecule has 0 saturated heterocycles. The molecule has 2 rings (SSSR count). The second-order valence-electron chi connectivity index (χ2n) is 3.84. The van der Waals surface area contributed by atoms with Crippen molar-refractivity contribution in [1.82, 2.24) is 0 Å². The zero-order valence-corrected chi connectivity index (χ0v) is 8.65. The summed E-state index contributed by atoms with van der Waals surface area (Å²) < 4.78 is 5.47. The summed E-state index contributed by atoms with van der Waals surface area (Å²) in [5.41, 5.74) is 2.22. The number of aliphatic hydroxyl groups is 2. The van der Waals surface area contributed by atoms with Crippen molar-refractivity contribution in [3.05, 3.63) is 29.3 Å². The number of aliphatic hydroxyl groups excluding tert-OH is 2. The standard InChI is InChI=1S/C12H16O3/c13-6-1-7-15-10-3-4-11-9(8-10)2-5-12(11)14/h3-4,8,12-14H,1-2,5-7H2/t12-/m1/s1. The van der Waals surface area contributed by atoms with Crippen LogP contribution in [-0.2, 0) is 6.42 Å². The van der Waals surface area contributed by atoms with Gasteiger partial charge in [0.2, 0.25) is 0 Å². The van der Waals surface area contributed by atoms with E-state index >= 15 is 0 Å². The highest BCUT2D eigenvalue weighted by Gasteiger charge is 2.20. The maximum absolute atomic E-state index is 9.61. The van der Waals surface area contributed by atoms with Crippen molar-refractivity contribution in [3.63, 3.8) is 0 Å². The van der Waals surface area contributed by atoms with E-state index < -0.39 is 0 Å². The molecule has 0 aliphatic heterocycles. The van der Waals surface area contributed by atoms with E-state index in [1.165, 1.54) is 5.56 Å². The Morgan fingerprint density at radius 1 is 1.40 bits per heavy atom. The first-order valence-electron chi connectivity index (χ1n) is 5.36. The Bertz CT molecular complexity index is 336. The third-order valence-electron chi connectivity index (χ3n) is 2.73. The molecule has 1 aliphatic carbocycles. The Labute approximate surface area is 89.3 Å². The maximum atomic E-state index is 9.61. The minimum Gasteiger partial charge on any atom is -0.493 e. The first-order valence-corrected chi connectivity index (χ1v) is 5.36. The normalized spacial score (nSPS) is 18.9. The average Bonchev–Trinajstić information content (AvgIpc) is 2.61. The molecule has 0 fully saturated rings. The van der Waals surface area contributed by atoms with Crippen molar-refractivity contribution in [2.45, 2.75) is 25.4 Å². The fourth-order valence-electron chi connectivity index (χ4n) is 1.92. The van der Waals surface area contributed by atoms with Gasteiger partial charge in [-0.05, 0) is 36.1 Å². The van der Waals surface area contributed by atoms with Gasteiger partial charge in [0.05, 0.1) is 12.7 Å². The third kappa shape index (κ3) is 2.30. The van der Waals surface area contributed by atoms with Gasteiger partial charge in [0.25, 0.3) is 0 Å². The average molecular weight is 208 g/mol. The Balaban J connectivity index is 2.03. The van der Waals surface area contributed by atoms with Crippen LogP contribution in [0.4, 0.5) is 0 Å². The van der Waals surface area contributed by atoms with Crippen LogP contribution < -0.4 is 4.74 Å². The highest BCUT2D eigenvalue weighted by atomic mass is 16.5. The van der Waals surface area contributed by atoms with Gasteiger partial charge in [-0.15, -0.1) is 0 Å². The topological polar surface area (TPSA) is 49.7 Å².